The molecule has 4 nitrogen and oxygen atoms in total. The predicted molar refractivity (Wildman–Crippen MR) is 67.4 cm³/mol. The van der Waals surface area contributed by atoms with E-state index in [9.17, 15) is 0 Å². The molecule has 1 aromatic rings. The van der Waals surface area contributed by atoms with Crippen LogP contribution < -0.4 is 15.4 Å². The number of nitrogens with zero attached hydrogens (tertiary/aromatic N) is 2. The van der Waals surface area contributed by atoms with Crippen molar-refractivity contribution in [2.45, 2.75) is 12.0 Å². The molecule has 1 aromatic carbocycles. The van der Waals surface area contributed by atoms with Gasteiger partial charge >= 0.3 is 0 Å². The highest BCUT2D eigenvalue weighted by Gasteiger charge is 2.34. The summed E-state index contributed by atoms with van der Waals surface area (Å²) in [5.74, 6) is 0.647. The van der Waals surface area contributed by atoms with Crippen LogP contribution in [0.3, 0.4) is 0 Å². The van der Waals surface area contributed by atoms with Crippen molar-refractivity contribution in [1.29, 1.82) is 5.26 Å². The molecule has 90 valence electrons. The molecule has 1 unspecified atom stereocenters. The third-order valence-electron chi connectivity index (χ3n) is 3.02. The molecule has 2 N–H and O–H groups in total. The van der Waals surface area contributed by atoms with Gasteiger partial charge in [0.25, 0.3) is 0 Å². The first-order chi connectivity index (χ1) is 8.08. The van der Waals surface area contributed by atoms with E-state index in [0.29, 0.717) is 23.7 Å². The van der Waals surface area contributed by atoms with Gasteiger partial charge in [0.15, 0.2) is 0 Å². The highest BCUT2D eigenvalue weighted by molar-refractivity contribution is 6.32. The van der Waals surface area contributed by atoms with E-state index in [-0.39, 0.29) is 0 Å². The Labute approximate surface area is 106 Å². The van der Waals surface area contributed by atoms with Crippen molar-refractivity contribution in [3.8, 4) is 11.8 Å². The van der Waals surface area contributed by atoms with E-state index in [1.54, 1.807) is 7.11 Å². The van der Waals surface area contributed by atoms with Gasteiger partial charge in [0.05, 0.1) is 18.2 Å². The van der Waals surface area contributed by atoms with Gasteiger partial charge < -0.3 is 15.4 Å². The van der Waals surface area contributed by atoms with E-state index in [2.05, 4.69) is 11.0 Å². The molecular formula is C12H14ClN3O. The Bertz CT molecular complexity index is 471. The van der Waals surface area contributed by atoms with E-state index in [4.69, 9.17) is 27.3 Å². The summed E-state index contributed by atoms with van der Waals surface area (Å²) in [4.78, 5) is 2.06. The van der Waals surface area contributed by atoms with E-state index in [1.807, 2.05) is 18.2 Å². The van der Waals surface area contributed by atoms with Gasteiger partial charge in [0.1, 0.15) is 11.3 Å². The first-order valence-electron chi connectivity index (χ1n) is 5.36. The lowest BCUT2D eigenvalue weighted by Gasteiger charge is -2.20. The number of anilines is 1. The van der Waals surface area contributed by atoms with E-state index in [0.717, 1.165) is 12.2 Å². The van der Waals surface area contributed by atoms with Gasteiger partial charge in [-0.1, -0.05) is 11.6 Å². The molecule has 0 spiro atoms. The number of benzene rings is 1. The van der Waals surface area contributed by atoms with Crippen LogP contribution in [0.15, 0.2) is 18.2 Å². The molecule has 17 heavy (non-hydrogen) atoms. The van der Waals surface area contributed by atoms with Crippen LogP contribution in [0.25, 0.3) is 0 Å². The molecule has 0 amide bonds. The smallest absolute Gasteiger partial charge is 0.137 e. The second-order valence-electron chi connectivity index (χ2n) is 4.26. The van der Waals surface area contributed by atoms with Gasteiger partial charge in [-0.05, 0) is 24.6 Å². The van der Waals surface area contributed by atoms with Crippen molar-refractivity contribution >= 4 is 17.3 Å². The van der Waals surface area contributed by atoms with Crippen LogP contribution in [0.4, 0.5) is 5.69 Å². The van der Waals surface area contributed by atoms with Gasteiger partial charge in [-0.3, -0.25) is 0 Å². The molecule has 0 aliphatic carbocycles. The third kappa shape index (κ3) is 2.31. The molecule has 1 fully saturated rings. The number of methoxy groups -OCH3 is 1. The lowest BCUT2D eigenvalue weighted by Crippen LogP contribution is -2.41. The molecule has 0 saturated carbocycles. The molecule has 1 aliphatic rings. The summed E-state index contributed by atoms with van der Waals surface area (Å²) in [6.45, 7) is 1.30. The summed E-state index contributed by atoms with van der Waals surface area (Å²) in [6, 6.07) is 7.74. The Morgan fingerprint density at radius 3 is 2.88 bits per heavy atom. The zero-order valence-electron chi connectivity index (χ0n) is 9.61. The molecule has 1 atom stereocenters. The van der Waals surface area contributed by atoms with Crippen LogP contribution in [0.2, 0.25) is 5.02 Å². The van der Waals surface area contributed by atoms with Crippen molar-refractivity contribution in [3.63, 3.8) is 0 Å². The quantitative estimate of drug-likeness (QED) is 0.870. The van der Waals surface area contributed by atoms with Crippen LogP contribution in [0.5, 0.6) is 5.75 Å². The number of nitriles is 1. The molecular weight excluding hydrogens is 238 g/mol. The van der Waals surface area contributed by atoms with E-state index >= 15 is 0 Å². The summed E-state index contributed by atoms with van der Waals surface area (Å²) < 4.78 is 5.10. The summed E-state index contributed by atoms with van der Waals surface area (Å²) in [5, 5.41) is 9.55. The standard InChI is InChI=1S/C12H14ClN3O/c1-17-11-3-2-9(6-10(11)13)16-5-4-12(15,7-14)8-16/h2-3,6H,4-5,8,15H2,1H3. The minimum absolute atomic E-state index is 0.534. The largest absolute Gasteiger partial charge is 0.495 e. The maximum Gasteiger partial charge on any atom is 0.137 e. The number of hydrogen-bond acceptors (Lipinski definition) is 4. The monoisotopic (exact) mass is 251 g/mol. The number of hydrogen-bond donors (Lipinski definition) is 1. The molecule has 1 saturated heterocycles. The molecule has 0 bridgehead atoms. The molecule has 5 heteroatoms. The Kier molecular flexibility index (Phi) is 3.14. The highest BCUT2D eigenvalue weighted by atomic mass is 35.5. The molecule has 0 aromatic heterocycles. The van der Waals surface area contributed by atoms with Gasteiger partial charge in [0, 0.05) is 18.8 Å². The Hall–Kier alpha value is -1.44. The fourth-order valence-corrected chi connectivity index (χ4v) is 2.25. The van der Waals surface area contributed by atoms with Gasteiger partial charge in [-0.15, -0.1) is 0 Å². The fraction of sp³-hybridized carbons (Fsp3) is 0.417. The Morgan fingerprint density at radius 1 is 1.59 bits per heavy atom. The lowest BCUT2D eigenvalue weighted by molar-refractivity contribution is 0.415. The molecule has 0 radical (unpaired) electrons. The predicted octanol–water partition coefficient (Wildman–Crippen LogP) is 1.78. The van der Waals surface area contributed by atoms with Crippen molar-refractivity contribution in [3.05, 3.63) is 23.2 Å². The summed E-state index contributed by atoms with van der Waals surface area (Å²) in [5.41, 5.74) is 6.15. The van der Waals surface area contributed by atoms with Crippen LogP contribution in [-0.2, 0) is 0 Å². The van der Waals surface area contributed by atoms with Gasteiger partial charge in [-0.2, -0.15) is 5.26 Å². The second kappa shape index (κ2) is 4.44. The Balaban J connectivity index is 2.20. The molecule has 2 rings (SSSR count). The van der Waals surface area contributed by atoms with Crippen LogP contribution in [0, 0.1) is 11.3 Å². The zero-order valence-corrected chi connectivity index (χ0v) is 10.4. The van der Waals surface area contributed by atoms with Crippen molar-refractivity contribution < 1.29 is 4.74 Å². The van der Waals surface area contributed by atoms with Crippen molar-refractivity contribution in [2.75, 3.05) is 25.1 Å². The van der Waals surface area contributed by atoms with E-state index in [1.165, 1.54) is 0 Å². The van der Waals surface area contributed by atoms with Crippen LogP contribution in [0.1, 0.15) is 6.42 Å². The minimum atomic E-state index is -0.744. The molecule has 1 aliphatic heterocycles. The first kappa shape index (κ1) is 12.0. The number of nitrogens with two attached hydrogens (primary N) is 1. The van der Waals surface area contributed by atoms with Gasteiger partial charge in [0.2, 0.25) is 0 Å². The maximum absolute atomic E-state index is 8.98. The van der Waals surface area contributed by atoms with Crippen molar-refractivity contribution in [2.24, 2.45) is 5.73 Å². The second-order valence-corrected chi connectivity index (χ2v) is 4.67. The maximum atomic E-state index is 8.98. The lowest BCUT2D eigenvalue weighted by atomic mass is 10.0. The Morgan fingerprint density at radius 2 is 2.35 bits per heavy atom. The van der Waals surface area contributed by atoms with Gasteiger partial charge in [-0.25, -0.2) is 0 Å². The van der Waals surface area contributed by atoms with E-state index < -0.39 is 5.54 Å². The number of ether oxygens (including phenoxy) is 1. The summed E-state index contributed by atoms with van der Waals surface area (Å²) >= 11 is 6.06. The first-order valence-corrected chi connectivity index (χ1v) is 5.74. The summed E-state index contributed by atoms with van der Waals surface area (Å²) in [7, 11) is 1.58. The van der Waals surface area contributed by atoms with Crippen LogP contribution >= 0.6 is 11.6 Å². The average molecular weight is 252 g/mol. The number of halogens is 1. The van der Waals surface area contributed by atoms with Crippen molar-refractivity contribution in [1.82, 2.24) is 0 Å². The zero-order chi connectivity index (χ0) is 12.5. The fourth-order valence-electron chi connectivity index (χ4n) is 2.00. The number of rotatable bonds is 2. The van der Waals surface area contributed by atoms with Crippen LogP contribution in [-0.4, -0.2) is 25.7 Å². The highest BCUT2D eigenvalue weighted by Crippen LogP contribution is 2.31. The normalized spacial score (nSPS) is 23.5. The summed E-state index contributed by atoms with van der Waals surface area (Å²) in [6.07, 6.45) is 0.674. The third-order valence-corrected chi connectivity index (χ3v) is 3.32. The SMILES string of the molecule is COc1ccc(N2CCC(N)(C#N)C2)cc1Cl. The molecule has 1 heterocycles. The topological polar surface area (TPSA) is 62.3 Å². The minimum Gasteiger partial charge on any atom is -0.495 e. The average Bonchev–Trinajstić information content (AvgIpc) is 2.73.